The molecule has 0 bridgehead atoms. The SMILES string of the molecule is C=NOCC1=C(C(=O)OCOC(=O)C(C)(C)C)N2C(=O)C(N)[C@H]2SC1.Cl. The molecule has 2 atom stereocenters. The summed E-state index contributed by atoms with van der Waals surface area (Å²) in [6.45, 7) is 7.70. The molecule has 146 valence electrons. The van der Waals surface area contributed by atoms with Crippen LogP contribution in [0.1, 0.15) is 20.8 Å². The number of oxime groups is 1. The van der Waals surface area contributed by atoms with Crippen molar-refractivity contribution in [3.8, 4) is 0 Å². The topological polar surface area (TPSA) is 121 Å². The van der Waals surface area contributed by atoms with E-state index >= 15 is 0 Å². The van der Waals surface area contributed by atoms with E-state index in [2.05, 4.69) is 11.9 Å². The van der Waals surface area contributed by atoms with Crippen molar-refractivity contribution in [2.24, 2.45) is 16.3 Å². The van der Waals surface area contributed by atoms with Crippen LogP contribution in [0.3, 0.4) is 0 Å². The lowest BCUT2D eigenvalue weighted by molar-refractivity contribution is -0.173. The maximum Gasteiger partial charge on any atom is 0.358 e. The number of β-lactam (4-membered cyclic amide) rings is 1. The van der Waals surface area contributed by atoms with Crippen LogP contribution in [0, 0.1) is 5.41 Å². The highest BCUT2D eigenvalue weighted by molar-refractivity contribution is 8.00. The first-order chi connectivity index (χ1) is 11.7. The van der Waals surface area contributed by atoms with E-state index in [-0.39, 0.29) is 36.0 Å². The number of fused-ring (bicyclic) bond motifs is 1. The molecular weight excluding hydrogens is 386 g/mol. The fraction of sp³-hybridized carbons (Fsp3) is 0.600. The summed E-state index contributed by atoms with van der Waals surface area (Å²) in [4.78, 5) is 42.3. The van der Waals surface area contributed by atoms with Gasteiger partial charge in [-0.25, -0.2) is 4.79 Å². The minimum Gasteiger partial charge on any atom is -0.427 e. The Morgan fingerprint density at radius 1 is 1.38 bits per heavy atom. The molecule has 2 heterocycles. The number of carbonyl (C=O) groups excluding carboxylic acids is 3. The van der Waals surface area contributed by atoms with Gasteiger partial charge >= 0.3 is 11.9 Å². The van der Waals surface area contributed by atoms with Crippen LogP contribution in [0.15, 0.2) is 16.4 Å². The Morgan fingerprint density at radius 2 is 2.04 bits per heavy atom. The van der Waals surface area contributed by atoms with Crippen molar-refractivity contribution in [3.05, 3.63) is 11.3 Å². The van der Waals surface area contributed by atoms with Crippen molar-refractivity contribution in [3.63, 3.8) is 0 Å². The van der Waals surface area contributed by atoms with Crippen LogP contribution in [0.25, 0.3) is 0 Å². The van der Waals surface area contributed by atoms with E-state index in [1.807, 2.05) is 0 Å². The lowest BCUT2D eigenvalue weighted by Gasteiger charge is -2.48. The number of hydrogen-bond donors (Lipinski definition) is 1. The van der Waals surface area contributed by atoms with Crippen LogP contribution in [0.5, 0.6) is 0 Å². The molecule has 1 saturated heterocycles. The molecule has 1 unspecified atom stereocenters. The van der Waals surface area contributed by atoms with E-state index in [1.165, 1.54) is 16.7 Å². The van der Waals surface area contributed by atoms with Gasteiger partial charge in [0.1, 0.15) is 23.7 Å². The van der Waals surface area contributed by atoms with Crippen LogP contribution in [-0.4, -0.2) is 60.0 Å². The first-order valence-electron chi connectivity index (χ1n) is 7.53. The van der Waals surface area contributed by atoms with Gasteiger partial charge in [0.2, 0.25) is 12.7 Å². The smallest absolute Gasteiger partial charge is 0.358 e. The quantitative estimate of drug-likeness (QED) is 0.224. The van der Waals surface area contributed by atoms with Gasteiger partial charge < -0.3 is 20.0 Å². The van der Waals surface area contributed by atoms with Gasteiger partial charge in [-0.1, -0.05) is 0 Å². The highest BCUT2D eigenvalue weighted by Crippen LogP contribution is 2.39. The van der Waals surface area contributed by atoms with Crippen molar-refractivity contribution >= 4 is 48.7 Å². The molecular formula is C15H22ClN3O6S. The number of halogens is 1. The van der Waals surface area contributed by atoms with Gasteiger partial charge in [0.15, 0.2) is 0 Å². The second-order valence-corrected chi connectivity index (χ2v) is 7.63. The maximum atomic E-state index is 12.4. The number of esters is 2. The van der Waals surface area contributed by atoms with Gasteiger partial charge in [0.25, 0.3) is 0 Å². The number of ether oxygens (including phenoxy) is 2. The Balaban J connectivity index is 0.00000338. The Hall–Kier alpha value is -1.78. The largest absolute Gasteiger partial charge is 0.427 e. The highest BCUT2D eigenvalue weighted by Gasteiger charge is 2.52. The second kappa shape index (κ2) is 8.74. The maximum absolute atomic E-state index is 12.4. The molecule has 0 aromatic carbocycles. The van der Waals surface area contributed by atoms with E-state index < -0.39 is 30.2 Å². The lowest BCUT2D eigenvalue weighted by atomic mass is 9.98. The second-order valence-electron chi connectivity index (χ2n) is 6.52. The van der Waals surface area contributed by atoms with Crippen LogP contribution in [0.2, 0.25) is 0 Å². The predicted molar refractivity (Wildman–Crippen MR) is 97.3 cm³/mol. The van der Waals surface area contributed by atoms with Gasteiger partial charge in [-0.15, -0.1) is 29.3 Å². The Bertz CT molecular complexity index is 633. The number of amides is 1. The number of rotatable bonds is 6. The number of hydrogen-bond acceptors (Lipinski definition) is 9. The molecule has 0 aromatic rings. The van der Waals surface area contributed by atoms with E-state index in [9.17, 15) is 14.4 Å². The molecule has 2 N–H and O–H groups in total. The normalized spacial score (nSPS) is 21.8. The van der Waals surface area contributed by atoms with Crippen LogP contribution in [0.4, 0.5) is 0 Å². The van der Waals surface area contributed by atoms with Gasteiger partial charge in [0, 0.05) is 18.0 Å². The summed E-state index contributed by atoms with van der Waals surface area (Å²) >= 11 is 1.42. The van der Waals surface area contributed by atoms with E-state index in [4.69, 9.17) is 20.0 Å². The molecule has 1 amide bonds. The summed E-state index contributed by atoms with van der Waals surface area (Å²) < 4.78 is 9.92. The average molecular weight is 408 g/mol. The average Bonchev–Trinajstić information content (AvgIpc) is 2.57. The molecule has 2 aliphatic heterocycles. The van der Waals surface area contributed by atoms with E-state index in [1.54, 1.807) is 20.8 Å². The molecule has 26 heavy (non-hydrogen) atoms. The Labute approximate surface area is 161 Å². The van der Waals surface area contributed by atoms with Crippen molar-refractivity contribution < 1.29 is 28.7 Å². The Morgan fingerprint density at radius 3 is 2.62 bits per heavy atom. The molecule has 0 aliphatic carbocycles. The predicted octanol–water partition coefficient (Wildman–Crippen LogP) is 0.627. The summed E-state index contributed by atoms with van der Waals surface area (Å²) in [6, 6.07) is -0.661. The van der Waals surface area contributed by atoms with E-state index in [0.717, 1.165) is 0 Å². The molecule has 2 aliphatic rings. The fourth-order valence-electron chi connectivity index (χ4n) is 2.22. The number of nitrogens with zero attached hydrogens (tertiary/aromatic N) is 2. The third-order valence-electron chi connectivity index (χ3n) is 3.60. The number of nitrogens with two attached hydrogens (primary N) is 1. The molecule has 0 saturated carbocycles. The van der Waals surface area contributed by atoms with Crippen molar-refractivity contribution in [1.29, 1.82) is 0 Å². The Kier molecular flexibility index (Phi) is 7.48. The molecule has 9 nitrogen and oxygen atoms in total. The zero-order valence-corrected chi connectivity index (χ0v) is 16.4. The molecule has 0 spiro atoms. The van der Waals surface area contributed by atoms with Gasteiger partial charge in [0.05, 0.1) is 5.41 Å². The molecule has 0 aromatic heterocycles. The summed E-state index contributed by atoms with van der Waals surface area (Å²) in [6.07, 6.45) is 0. The monoisotopic (exact) mass is 407 g/mol. The summed E-state index contributed by atoms with van der Waals surface area (Å²) in [5.41, 5.74) is 5.63. The van der Waals surface area contributed by atoms with Gasteiger partial charge in [-0.05, 0) is 20.8 Å². The van der Waals surface area contributed by atoms with Gasteiger partial charge in [-0.3, -0.25) is 14.5 Å². The number of thioether (sulfide) groups is 1. The van der Waals surface area contributed by atoms with Crippen LogP contribution >= 0.6 is 24.2 Å². The third-order valence-corrected chi connectivity index (χ3v) is 4.96. The van der Waals surface area contributed by atoms with Crippen molar-refractivity contribution in [1.82, 2.24) is 4.90 Å². The third kappa shape index (κ3) is 4.49. The minimum absolute atomic E-state index is 0. The lowest BCUT2D eigenvalue weighted by Crippen LogP contribution is -2.68. The van der Waals surface area contributed by atoms with Crippen molar-refractivity contribution in [2.75, 3.05) is 19.2 Å². The van der Waals surface area contributed by atoms with Gasteiger partial charge in [-0.2, -0.15) is 0 Å². The molecule has 0 radical (unpaired) electrons. The van der Waals surface area contributed by atoms with Crippen LogP contribution < -0.4 is 5.73 Å². The molecule has 2 rings (SSSR count). The first kappa shape index (κ1) is 22.3. The summed E-state index contributed by atoms with van der Waals surface area (Å²) in [7, 11) is 0. The highest BCUT2D eigenvalue weighted by atomic mass is 35.5. The molecule has 1 fully saturated rings. The standard InChI is InChI=1S/C15H21N3O6S.ClH/c1-15(2,3)14(21)23-7-22-13(20)10-8(5-24-17-4)6-25-12-9(16)11(19)18(10)12;/h9,12H,4-7,16H2,1-3H3;1H/t9?,12-;/m1./s1. The van der Waals surface area contributed by atoms with Crippen LogP contribution in [-0.2, 0) is 28.7 Å². The summed E-state index contributed by atoms with van der Waals surface area (Å²) in [5, 5.41) is 2.96. The minimum atomic E-state index is -0.782. The van der Waals surface area contributed by atoms with E-state index in [0.29, 0.717) is 11.3 Å². The number of carbonyl (C=O) groups is 3. The summed E-state index contributed by atoms with van der Waals surface area (Å²) in [5.74, 6) is -1.23. The zero-order chi connectivity index (χ0) is 18.8. The first-order valence-corrected chi connectivity index (χ1v) is 8.58. The molecule has 11 heteroatoms. The van der Waals surface area contributed by atoms with Crippen molar-refractivity contribution in [2.45, 2.75) is 32.2 Å². The zero-order valence-electron chi connectivity index (χ0n) is 14.7. The fourth-order valence-corrected chi connectivity index (χ4v) is 3.50.